The molecule has 10 heteroatoms. The molecule has 1 atom stereocenters. The maximum Gasteiger partial charge on any atom is 0.264 e. The third-order valence-corrected chi connectivity index (χ3v) is 9.34. The number of carbonyl (C=O) groups is 2. The van der Waals surface area contributed by atoms with Crippen molar-refractivity contribution in [2.24, 2.45) is 5.92 Å². The number of anilines is 1. The van der Waals surface area contributed by atoms with Gasteiger partial charge >= 0.3 is 0 Å². The molecule has 0 saturated heterocycles. The molecule has 4 rings (SSSR count). The highest BCUT2D eigenvalue weighted by molar-refractivity contribution is 7.92. The molecule has 4 aromatic rings. The van der Waals surface area contributed by atoms with Crippen LogP contribution in [0.4, 0.5) is 10.1 Å². The summed E-state index contributed by atoms with van der Waals surface area (Å²) in [6.45, 7) is 5.14. The van der Waals surface area contributed by atoms with E-state index in [4.69, 9.17) is 11.6 Å². The number of amides is 2. The van der Waals surface area contributed by atoms with Crippen LogP contribution in [-0.2, 0) is 32.6 Å². The summed E-state index contributed by atoms with van der Waals surface area (Å²) in [4.78, 5) is 29.5. The molecule has 0 bridgehead atoms. The molecule has 0 unspecified atom stereocenters. The first-order valence-corrected chi connectivity index (χ1v) is 16.5. The quantitative estimate of drug-likeness (QED) is 0.182. The lowest BCUT2D eigenvalue weighted by Gasteiger charge is -2.34. The van der Waals surface area contributed by atoms with E-state index in [1.807, 2.05) is 44.2 Å². The Bertz CT molecular complexity index is 1720. The van der Waals surface area contributed by atoms with E-state index in [1.165, 1.54) is 35.2 Å². The zero-order valence-corrected chi connectivity index (χ0v) is 27.1. The van der Waals surface area contributed by atoms with Crippen molar-refractivity contribution in [2.75, 3.05) is 17.4 Å². The monoisotopic (exact) mass is 649 g/mol. The summed E-state index contributed by atoms with van der Waals surface area (Å²) in [5, 5.41) is 3.28. The molecule has 0 aromatic heterocycles. The smallest absolute Gasteiger partial charge is 0.264 e. The van der Waals surface area contributed by atoms with Crippen LogP contribution in [-0.4, -0.2) is 44.3 Å². The fourth-order valence-corrected chi connectivity index (χ4v) is 6.48. The van der Waals surface area contributed by atoms with E-state index in [1.54, 1.807) is 49.4 Å². The van der Waals surface area contributed by atoms with Gasteiger partial charge < -0.3 is 10.2 Å². The Hall–Kier alpha value is -4.21. The predicted molar refractivity (Wildman–Crippen MR) is 176 cm³/mol. The second-order valence-corrected chi connectivity index (χ2v) is 13.5. The number of halogens is 2. The normalized spacial score (nSPS) is 12.0. The molecule has 7 nitrogen and oxygen atoms in total. The number of hydrogen-bond acceptors (Lipinski definition) is 4. The van der Waals surface area contributed by atoms with Crippen LogP contribution < -0.4 is 9.62 Å². The zero-order valence-electron chi connectivity index (χ0n) is 25.5. The average Bonchev–Trinajstić information content (AvgIpc) is 3.02. The fourth-order valence-electron chi connectivity index (χ4n) is 4.88. The third-order valence-electron chi connectivity index (χ3n) is 7.32. The Labute approximate surface area is 269 Å². The van der Waals surface area contributed by atoms with Gasteiger partial charge in [0.15, 0.2) is 0 Å². The Morgan fingerprint density at radius 2 is 1.49 bits per heavy atom. The molecule has 0 aliphatic heterocycles. The Morgan fingerprint density at radius 1 is 0.867 bits per heavy atom. The van der Waals surface area contributed by atoms with Crippen LogP contribution in [0.5, 0.6) is 0 Å². The van der Waals surface area contributed by atoms with Gasteiger partial charge in [-0.15, -0.1) is 0 Å². The molecule has 0 fully saturated rings. The Kier molecular flexibility index (Phi) is 11.4. The number of aryl methyl sites for hydroxylation is 1. The molecule has 0 spiro atoms. The molecule has 45 heavy (non-hydrogen) atoms. The SMILES string of the molecule is Cc1ccccc1N(CC(=O)N(Cc1ccccc1F)[C@H](Cc1ccccc1)C(=O)NCC(C)C)S(=O)(=O)c1ccc(Cl)cc1. The van der Waals surface area contributed by atoms with Gasteiger partial charge in [-0.1, -0.05) is 92.2 Å². The van der Waals surface area contributed by atoms with Crippen LogP contribution in [0.2, 0.25) is 5.02 Å². The summed E-state index contributed by atoms with van der Waals surface area (Å²) in [6, 6.07) is 26.7. The van der Waals surface area contributed by atoms with E-state index < -0.39 is 40.2 Å². The van der Waals surface area contributed by atoms with Gasteiger partial charge in [-0.3, -0.25) is 13.9 Å². The predicted octanol–water partition coefficient (Wildman–Crippen LogP) is 6.40. The van der Waals surface area contributed by atoms with Crippen molar-refractivity contribution < 1.29 is 22.4 Å². The van der Waals surface area contributed by atoms with Crippen LogP contribution >= 0.6 is 11.6 Å². The number of para-hydroxylation sites is 1. The first kappa shape index (κ1) is 33.7. The highest BCUT2D eigenvalue weighted by atomic mass is 35.5. The maximum absolute atomic E-state index is 15.0. The van der Waals surface area contributed by atoms with Crippen molar-refractivity contribution in [2.45, 2.75) is 44.7 Å². The van der Waals surface area contributed by atoms with Crippen molar-refractivity contribution in [3.8, 4) is 0 Å². The molecule has 0 aliphatic rings. The minimum Gasteiger partial charge on any atom is -0.354 e. The molecule has 236 valence electrons. The van der Waals surface area contributed by atoms with E-state index in [0.29, 0.717) is 22.8 Å². The second kappa shape index (κ2) is 15.2. The minimum absolute atomic E-state index is 0.0564. The number of carbonyl (C=O) groups excluding carboxylic acids is 2. The van der Waals surface area contributed by atoms with E-state index in [9.17, 15) is 18.0 Å². The van der Waals surface area contributed by atoms with Crippen LogP contribution in [0.25, 0.3) is 0 Å². The molecular weight excluding hydrogens is 613 g/mol. The molecule has 2 amide bonds. The van der Waals surface area contributed by atoms with Crippen LogP contribution in [0, 0.1) is 18.7 Å². The molecule has 1 N–H and O–H groups in total. The van der Waals surface area contributed by atoms with E-state index in [0.717, 1.165) is 9.87 Å². The van der Waals surface area contributed by atoms with E-state index in [2.05, 4.69) is 5.32 Å². The van der Waals surface area contributed by atoms with Gasteiger partial charge in [0.05, 0.1) is 10.6 Å². The van der Waals surface area contributed by atoms with Gasteiger partial charge in [-0.05, 0) is 60.4 Å². The zero-order chi connectivity index (χ0) is 32.6. The second-order valence-electron chi connectivity index (χ2n) is 11.2. The summed E-state index contributed by atoms with van der Waals surface area (Å²) in [6.07, 6.45) is 0.138. The van der Waals surface area contributed by atoms with Crippen molar-refractivity contribution >= 4 is 39.1 Å². The van der Waals surface area contributed by atoms with Gasteiger partial charge in [0.1, 0.15) is 18.4 Å². The molecule has 0 saturated carbocycles. The van der Waals surface area contributed by atoms with E-state index >= 15 is 4.39 Å². The van der Waals surface area contributed by atoms with Crippen LogP contribution in [0.1, 0.15) is 30.5 Å². The topological polar surface area (TPSA) is 86.8 Å². The standard InChI is InChI=1S/C35H37ClFN3O4S/c1-25(2)22-38-35(42)33(21-27-12-5-4-6-13-27)39(23-28-14-8-9-15-31(28)37)34(41)24-40(32-16-10-7-11-26(32)3)45(43,44)30-19-17-29(36)18-20-30/h4-20,25,33H,21-24H2,1-3H3,(H,38,42)/t33-/m1/s1. The van der Waals surface area contributed by atoms with Crippen LogP contribution in [0.3, 0.4) is 0 Å². The van der Waals surface area contributed by atoms with Gasteiger partial charge in [-0.2, -0.15) is 0 Å². The van der Waals surface area contributed by atoms with Crippen molar-refractivity contribution in [1.29, 1.82) is 0 Å². The lowest BCUT2D eigenvalue weighted by Crippen LogP contribution is -2.54. The van der Waals surface area contributed by atoms with Gasteiger partial charge in [0, 0.05) is 30.1 Å². The molecule has 0 radical (unpaired) electrons. The molecule has 0 aliphatic carbocycles. The molecule has 4 aromatic carbocycles. The van der Waals surface area contributed by atoms with Gasteiger partial charge in [0.2, 0.25) is 11.8 Å². The summed E-state index contributed by atoms with van der Waals surface area (Å²) in [7, 11) is -4.28. The van der Waals surface area contributed by atoms with Crippen LogP contribution in [0.15, 0.2) is 108 Å². The number of sulfonamides is 1. The van der Waals surface area contributed by atoms with Crippen molar-refractivity contribution in [3.05, 3.63) is 131 Å². The average molecular weight is 650 g/mol. The highest BCUT2D eigenvalue weighted by Crippen LogP contribution is 2.28. The maximum atomic E-state index is 15.0. The highest BCUT2D eigenvalue weighted by Gasteiger charge is 2.35. The van der Waals surface area contributed by atoms with E-state index in [-0.39, 0.29) is 29.3 Å². The number of nitrogens with zero attached hydrogens (tertiary/aromatic N) is 2. The number of nitrogens with one attached hydrogen (secondary N) is 1. The summed E-state index contributed by atoms with van der Waals surface area (Å²) in [5.74, 6) is -1.48. The number of benzene rings is 4. The Balaban J connectivity index is 1.81. The van der Waals surface area contributed by atoms with Gasteiger partial charge in [0.25, 0.3) is 10.0 Å². The first-order chi connectivity index (χ1) is 21.5. The van der Waals surface area contributed by atoms with Crippen molar-refractivity contribution in [1.82, 2.24) is 10.2 Å². The molecular formula is C35H37ClFN3O4S. The minimum atomic E-state index is -4.28. The van der Waals surface area contributed by atoms with Crippen molar-refractivity contribution in [3.63, 3.8) is 0 Å². The number of hydrogen-bond donors (Lipinski definition) is 1. The summed E-state index contributed by atoms with van der Waals surface area (Å²) >= 11 is 6.04. The Morgan fingerprint density at radius 3 is 2.13 bits per heavy atom. The third kappa shape index (κ3) is 8.71. The number of rotatable bonds is 13. The fraction of sp³-hybridized carbons (Fsp3) is 0.257. The molecule has 0 heterocycles. The lowest BCUT2D eigenvalue weighted by atomic mass is 10.0. The lowest BCUT2D eigenvalue weighted by molar-refractivity contribution is -0.140. The summed E-state index contributed by atoms with van der Waals surface area (Å²) in [5.41, 5.74) is 1.91. The van der Waals surface area contributed by atoms with Gasteiger partial charge in [-0.25, -0.2) is 12.8 Å². The summed E-state index contributed by atoms with van der Waals surface area (Å²) < 4.78 is 44.3. The largest absolute Gasteiger partial charge is 0.354 e. The first-order valence-electron chi connectivity index (χ1n) is 14.7.